The van der Waals surface area contributed by atoms with E-state index in [0.29, 0.717) is 6.42 Å². The summed E-state index contributed by atoms with van der Waals surface area (Å²) in [6, 6.07) is -1.86. The lowest BCUT2D eigenvalue weighted by Crippen LogP contribution is -2.61. The molecule has 1 amide bonds. The largest absolute Gasteiger partial charge is 0.464 e. The average Bonchev–Trinajstić information content (AvgIpc) is 2.62. The fraction of sp³-hybridized carbons (Fsp3) is 0.778. The summed E-state index contributed by atoms with van der Waals surface area (Å²) >= 11 is 0. The second kappa shape index (κ2) is 12.0. The molecule has 0 rings (SSSR count). The van der Waals surface area contributed by atoms with Crippen molar-refractivity contribution >= 4 is 11.9 Å². The molecule has 0 aromatic rings. The highest BCUT2D eigenvalue weighted by Crippen LogP contribution is 2.46. The Labute approximate surface area is 164 Å². The first kappa shape index (κ1) is 27.2. The molecule has 4 nitrogen and oxygen atoms in total. The van der Waals surface area contributed by atoms with E-state index in [1.165, 1.54) is 5.32 Å². The van der Waals surface area contributed by atoms with E-state index in [-0.39, 0.29) is 6.61 Å². The van der Waals surface area contributed by atoms with Gasteiger partial charge >= 0.3 is 24.0 Å². The number of hydrogen-bond acceptors (Lipinski definition) is 3. The van der Waals surface area contributed by atoms with E-state index in [1.807, 2.05) is 0 Å². The average molecular weight is 437 g/mol. The van der Waals surface area contributed by atoms with Gasteiger partial charge in [0.05, 0.1) is 6.61 Å². The van der Waals surface area contributed by atoms with Crippen molar-refractivity contribution in [3.8, 4) is 0 Å². The zero-order valence-electron chi connectivity index (χ0n) is 16.1. The Balaban J connectivity index is 4.71. The van der Waals surface area contributed by atoms with Gasteiger partial charge in [-0.25, -0.2) is 4.79 Å². The fourth-order valence-electron chi connectivity index (χ4n) is 2.28. The maximum Gasteiger partial charge on any atom is 0.460 e. The van der Waals surface area contributed by atoms with E-state index in [4.69, 9.17) is 4.74 Å². The van der Waals surface area contributed by atoms with Crippen molar-refractivity contribution in [2.24, 2.45) is 0 Å². The molecule has 0 aromatic carbocycles. The molecular formula is C18H26F7NO3. The topological polar surface area (TPSA) is 55.4 Å². The lowest BCUT2D eigenvalue weighted by atomic mass is 10.1. The van der Waals surface area contributed by atoms with Gasteiger partial charge in [-0.3, -0.25) is 4.79 Å². The first-order chi connectivity index (χ1) is 13.3. The third-order valence-corrected chi connectivity index (χ3v) is 4.02. The van der Waals surface area contributed by atoms with E-state index in [2.05, 4.69) is 13.5 Å². The molecule has 1 N–H and O–H groups in total. The van der Waals surface area contributed by atoms with E-state index in [9.17, 15) is 40.3 Å². The predicted octanol–water partition coefficient (Wildman–Crippen LogP) is 5.17. The highest BCUT2D eigenvalue weighted by molar-refractivity contribution is 5.89. The summed E-state index contributed by atoms with van der Waals surface area (Å²) in [6.45, 7) is 5.17. The van der Waals surface area contributed by atoms with Gasteiger partial charge in [0.1, 0.15) is 6.04 Å². The standard InChI is InChI=1S/C18H26F7NO3/c1-3-5-6-7-8-9-10-12-29-14(27)13(11-4-2)26-15(28)16(19,20)17(21,22)18(23,24)25/h4,13H,2-3,5-12H2,1H3,(H,26,28). The number of ether oxygens (including phenoxy) is 1. The zero-order valence-corrected chi connectivity index (χ0v) is 16.1. The number of halogens is 7. The van der Waals surface area contributed by atoms with Crippen molar-refractivity contribution in [2.75, 3.05) is 6.61 Å². The highest BCUT2D eigenvalue weighted by Gasteiger charge is 2.76. The number of unbranched alkanes of at least 4 members (excludes halogenated alkanes) is 6. The quantitative estimate of drug-likeness (QED) is 0.177. The van der Waals surface area contributed by atoms with Gasteiger partial charge in [-0.15, -0.1) is 6.58 Å². The van der Waals surface area contributed by atoms with Crippen molar-refractivity contribution < 1.29 is 45.1 Å². The molecule has 0 spiro atoms. The van der Waals surface area contributed by atoms with Crippen molar-refractivity contribution in [1.29, 1.82) is 0 Å². The van der Waals surface area contributed by atoms with Crippen LogP contribution in [0.2, 0.25) is 0 Å². The molecule has 0 aliphatic rings. The third kappa shape index (κ3) is 8.22. The summed E-state index contributed by atoms with van der Waals surface area (Å²) in [4.78, 5) is 23.2. The molecule has 29 heavy (non-hydrogen) atoms. The van der Waals surface area contributed by atoms with Gasteiger partial charge < -0.3 is 10.1 Å². The molecule has 0 saturated carbocycles. The van der Waals surface area contributed by atoms with Gasteiger partial charge in [0.25, 0.3) is 5.91 Å². The molecule has 0 bridgehead atoms. The van der Waals surface area contributed by atoms with Crippen LogP contribution >= 0.6 is 0 Å². The fourth-order valence-corrected chi connectivity index (χ4v) is 2.28. The van der Waals surface area contributed by atoms with Crippen LogP contribution in [0.1, 0.15) is 58.3 Å². The lowest BCUT2D eigenvalue weighted by Gasteiger charge is -2.28. The van der Waals surface area contributed by atoms with Crippen molar-refractivity contribution in [3.05, 3.63) is 12.7 Å². The molecule has 11 heteroatoms. The molecular weight excluding hydrogens is 411 g/mol. The number of hydrogen-bond donors (Lipinski definition) is 1. The normalized spacial score (nSPS) is 13.7. The Bertz CT molecular complexity index is 536. The first-order valence-electron chi connectivity index (χ1n) is 9.23. The first-order valence-corrected chi connectivity index (χ1v) is 9.23. The Morgan fingerprint density at radius 1 is 0.966 bits per heavy atom. The Kier molecular flexibility index (Phi) is 11.3. The number of amides is 1. The minimum absolute atomic E-state index is 0.106. The smallest absolute Gasteiger partial charge is 0.460 e. The lowest BCUT2D eigenvalue weighted by molar-refractivity contribution is -0.344. The van der Waals surface area contributed by atoms with Crippen LogP contribution in [0.15, 0.2) is 12.7 Å². The van der Waals surface area contributed by atoms with Gasteiger partial charge in [-0.1, -0.05) is 51.5 Å². The SMILES string of the molecule is C=CCC(NC(=O)C(F)(F)C(F)(F)C(F)(F)F)C(=O)OCCCCCCCCC. The molecule has 0 aliphatic carbocycles. The minimum Gasteiger partial charge on any atom is -0.464 e. The molecule has 0 aromatic heterocycles. The summed E-state index contributed by atoms with van der Waals surface area (Å²) in [5.41, 5.74) is 0. The Morgan fingerprint density at radius 2 is 1.48 bits per heavy atom. The summed E-state index contributed by atoms with van der Waals surface area (Å²) in [7, 11) is 0. The van der Waals surface area contributed by atoms with Crippen molar-refractivity contribution in [2.45, 2.75) is 82.4 Å². The van der Waals surface area contributed by atoms with E-state index in [0.717, 1.165) is 44.6 Å². The predicted molar refractivity (Wildman–Crippen MR) is 91.6 cm³/mol. The molecule has 0 radical (unpaired) electrons. The van der Waals surface area contributed by atoms with Crippen LogP contribution in [0.4, 0.5) is 30.7 Å². The molecule has 1 unspecified atom stereocenters. The molecule has 0 heterocycles. The summed E-state index contributed by atoms with van der Waals surface area (Å²) in [5, 5.41) is 1.20. The van der Waals surface area contributed by atoms with Crippen molar-refractivity contribution in [1.82, 2.24) is 5.32 Å². The number of carbonyl (C=O) groups excluding carboxylic acids is 2. The van der Waals surface area contributed by atoms with Gasteiger partial charge in [0.15, 0.2) is 0 Å². The number of esters is 1. The number of alkyl halides is 7. The van der Waals surface area contributed by atoms with E-state index < -0.39 is 42.4 Å². The minimum atomic E-state index is -6.65. The van der Waals surface area contributed by atoms with Crippen LogP contribution in [-0.4, -0.2) is 42.5 Å². The summed E-state index contributed by atoms with van der Waals surface area (Å²) in [5.74, 6) is -16.9. The Hall–Kier alpha value is -1.81. The monoisotopic (exact) mass is 437 g/mol. The van der Waals surface area contributed by atoms with Gasteiger partial charge in [-0.2, -0.15) is 30.7 Å². The number of nitrogens with one attached hydrogen (secondary N) is 1. The van der Waals surface area contributed by atoms with Gasteiger partial charge in [0, 0.05) is 0 Å². The van der Waals surface area contributed by atoms with Crippen LogP contribution < -0.4 is 5.32 Å². The van der Waals surface area contributed by atoms with E-state index in [1.54, 1.807) is 0 Å². The molecule has 170 valence electrons. The van der Waals surface area contributed by atoms with Crippen molar-refractivity contribution in [3.63, 3.8) is 0 Å². The van der Waals surface area contributed by atoms with Gasteiger partial charge in [-0.05, 0) is 12.8 Å². The highest BCUT2D eigenvalue weighted by atomic mass is 19.4. The molecule has 0 aliphatic heterocycles. The molecule has 0 fully saturated rings. The number of carbonyl (C=O) groups is 2. The van der Waals surface area contributed by atoms with Crippen LogP contribution in [-0.2, 0) is 14.3 Å². The third-order valence-electron chi connectivity index (χ3n) is 4.02. The van der Waals surface area contributed by atoms with Crippen LogP contribution in [0.5, 0.6) is 0 Å². The van der Waals surface area contributed by atoms with Crippen LogP contribution in [0, 0.1) is 0 Å². The summed E-state index contributed by atoms with van der Waals surface area (Å²) in [6.07, 6.45) is 0.190. The second-order valence-corrected chi connectivity index (χ2v) is 6.49. The second-order valence-electron chi connectivity index (χ2n) is 6.49. The van der Waals surface area contributed by atoms with Crippen LogP contribution in [0.3, 0.4) is 0 Å². The zero-order chi connectivity index (χ0) is 22.7. The summed E-state index contributed by atoms with van der Waals surface area (Å²) < 4.78 is 93.8. The Morgan fingerprint density at radius 3 is 1.97 bits per heavy atom. The van der Waals surface area contributed by atoms with E-state index >= 15 is 0 Å². The number of rotatable bonds is 14. The maximum atomic E-state index is 13.4. The maximum absolute atomic E-state index is 13.4. The van der Waals surface area contributed by atoms with Gasteiger partial charge in [0.2, 0.25) is 0 Å². The van der Waals surface area contributed by atoms with Crippen LogP contribution in [0.25, 0.3) is 0 Å². The molecule has 1 atom stereocenters. The molecule has 0 saturated heterocycles.